The van der Waals surface area contributed by atoms with Crippen molar-refractivity contribution >= 4 is 39.1 Å². The van der Waals surface area contributed by atoms with Gasteiger partial charge in [0.05, 0.1) is 5.02 Å². The summed E-state index contributed by atoms with van der Waals surface area (Å²) < 4.78 is 6.48. The molecule has 0 aliphatic rings. The lowest BCUT2D eigenvalue weighted by molar-refractivity contribution is 0.456. The van der Waals surface area contributed by atoms with Gasteiger partial charge in [0.1, 0.15) is 5.75 Å². The summed E-state index contributed by atoms with van der Waals surface area (Å²) in [6.07, 6.45) is 1.63. The molecule has 1 aromatic carbocycles. The van der Waals surface area contributed by atoms with E-state index in [0.29, 0.717) is 28.2 Å². The third-order valence-electron chi connectivity index (χ3n) is 2.21. The minimum Gasteiger partial charge on any atom is -0.437 e. The summed E-state index contributed by atoms with van der Waals surface area (Å²) in [5.74, 6) is 0.874. The van der Waals surface area contributed by atoms with Crippen molar-refractivity contribution < 1.29 is 4.74 Å². The van der Waals surface area contributed by atoms with Gasteiger partial charge in [-0.3, -0.25) is 0 Å². The van der Waals surface area contributed by atoms with Crippen LogP contribution in [0.3, 0.4) is 0 Å². The molecular weight excluding hydrogens is 339 g/mol. The molecule has 3 nitrogen and oxygen atoms in total. The Morgan fingerprint density at radius 2 is 2.06 bits per heavy atom. The molecule has 0 unspecified atom stereocenters. The van der Waals surface area contributed by atoms with Gasteiger partial charge in [0.25, 0.3) is 0 Å². The zero-order valence-corrected chi connectivity index (χ0v) is 12.3. The lowest BCUT2D eigenvalue weighted by atomic mass is 10.3. The van der Waals surface area contributed by atoms with Gasteiger partial charge in [-0.25, -0.2) is 4.98 Å². The number of rotatable bonds is 3. The number of hydrogen-bond acceptors (Lipinski definition) is 3. The first-order valence-electron chi connectivity index (χ1n) is 5.07. The summed E-state index contributed by atoms with van der Waals surface area (Å²) in [5, 5.41) is 1.01. The average Bonchev–Trinajstić information content (AvgIpc) is 2.36. The maximum absolute atomic E-state index is 6.02. The van der Waals surface area contributed by atoms with E-state index in [2.05, 4.69) is 20.9 Å². The molecule has 2 N–H and O–H groups in total. The van der Waals surface area contributed by atoms with Crippen molar-refractivity contribution in [3.05, 3.63) is 50.5 Å². The molecule has 0 radical (unpaired) electrons. The highest BCUT2D eigenvalue weighted by Gasteiger charge is 2.09. The highest BCUT2D eigenvalue weighted by molar-refractivity contribution is 9.10. The van der Waals surface area contributed by atoms with Crippen molar-refractivity contribution in [3.8, 4) is 11.6 Å². The van der Waals surface area contributed by atoms with Crippen LogP contribution < -0.4 is 10.5 Å². The van der Waals surface area contributed by atoms with Gasteiger partial charge in [-0.2, -0.15) is 0 Å². The number of nitrogens with two attached hydrogens (primary N) is 1. The van der Waals surface area contributed by atoms with Crippen LogP contribution >= 0.6 is 39.1 Å². The zero-order chi connectivity index (χ0) is 13.1. The molecule has 2 rings (SSSR count). The van der Waals surface area contributed by atoms with E-state index in [9.17, 15) is 0 Å². The van der Waals surface area contributed by atoms with Crippen molar-refractivity contribution in [2.75, 3.05) is 0 Å². The Bertz CT molecular complexity index is 578. The van der Waals surface area contributed by atoms with Gasteiger partial charge in [0.2, 0.25) is 5.88 Å². The summed E-state index contributed by atoms with van der Waals surface area (Å²) in [5.41, 5.74) is 6.42. The molecule has 1 aromatic heterocycles. The fourth-order valence-electron chi connectivity index (χ4n) is 1.37. The molecule has 0 aliphatic carbocycles. The molecule has 0 aliphatic heterocycles. The van der Waals surface area contributed by atoms with Crippen LogP contribution in [0, 0.1) is 0 Å². The van der Waals surface area contributed by atoms with Crippen LogP contribution in [0.15, 0.2) is 34.9 Å². The van der Waals surface area contributed by atoms with E-state index in [1.54, 1.807) is 24.4 Å². The number of ether oxygens (including phenoxy) is 1. The third kappa shape index (κ3) is 3.14. The molecule has 0 saturated carbocycles. The zero-order valence-electron chi connectivity index (χ0n) is 9.16. The molecule has 0 amide bonds. The van der Waals surface area contributed by atoms with Crippen molar-refractivity contribution in [1.82, 2.24) is 4.98 Å². The van der Waals surface area contributed by atoms with E-state index < -0.39 is 0 Å². The lowest BCUT2D eigenvalue weighted by Crippen LogP contribution is -2.01. The van der Waals surface area contributed by atoms with Gasteiger partial charge < -0.3 is 10.5 Å². The number of halogens is 3. The smallest absolute Gasteiger partial charge is 0.223 e. The highest BCUT2D eigenvalue weighted by atomic mass is 79.9. The molecule has 0 atom stereocenters. The monoisotopic (exact) mass is 346 g/mol. The maximum atomic E-state index is 6.02. The standard InChI is InChI=1S/C12H9BrCl2N2O/c13-8-3-7(5-16)12(17-6-8)18-11-4-9(14)1-2-10(11)15/h1-4,6H,5,16H2. The number of pyridine rings is 1. The molecule has 18 heavy (non-hydrogen) atoms. The summed E-state index contributed by atoms with van der Waals surface area (Å²) in [7, 11) is 0. The Labute approximate surface area is 123 Å². The lowest BCUT2D eigenvalue weighted by Gasteiger charge is -2.10. The predicted octanol–water partition coefficient (Wildman–Crippen LogP) is 4.40. The first-order valence-corrected chi connectivity index (χ1v) is 6.62. The second-order valence-corrected chi connectivity index (χ2v) is 5.26. The maximum Gasteiger partial charge on any atom is 0.223 e. The predicted molar refractivity (Wildman–Crippen MR) is 76.4 cm³/mol. The number of nitrogens with zero attached hydrogens (tertiary/aromatic N) is 1. The van der Waals surface area contributed by atoms with E-state index in [1.165, 1.54) is 0 Å². The van der Waals surface area contributed by atoms with Crippen LogP contribution in [0.5, 0.6) is 11.6 Å². The molecule has 2 aromatic rings. The largest absolute Gasteiger partial charge is 0.437 e. The second kappa shape index (κ2) is 5.89. The van der Waals surface area contributed by atoms with Gasteiger partial charge >= 0.3 is 0 Å². The molecule has 6 heteroatoms. The van der Waals surface area contributed by atoms with E-state index >= 15 is 0 Å². The van der Waals surface area contributed by atoms with Gasteiger partial charge in [0, 0.05) is 33.9 Å². The highest BCUT2D eigenvalue weighted by Crippen LogP contribution is 2.32. The van der Waals surface area contributed by atoms with Crippen LogP contribution in [-0.2, 0) is 6.54 Å². The van der Waals surface area contributed by atoms with E-state index in [4.69, 9.17) is 33.7 Å². The minimum atomic E-state index is 0.319. The van der Waals surface area contributed by atoms with Gasteiger partial charge in [-0.15, -0.1) is 0 Å². The second-order valence-electron chi connectivity index (χ2n) is 3.50. The van der Waals surface area contributed by atoms with Crippen LogP contribution in [0.25, 0.3) is 0 Å². The van der Waals surface area contributed by atoms with Gasteiger partial charge in [0.15, 0.2) is 0 Å². The molecule has 0 fully saturated rings. The Kier molecular flexibility index (Phi) is 4.45. The first kappa shape index (κ1) is 13.6. The van der Waals surface area contributed by atoms with Gasteiger partial charge in [-0.05, 0) is 34.1 Å². The van der Waals surface area contributed by atoms with Crippen LogP contribution in [0.1, 0.15) is 5.56 Å². The van der Waals surface area contributed by atoms with E-state index in [-0.39, 0.29) is 0 Å². The van der Waals surface area contributed by atoms with Gasteiger partial charge in [-0.1, -0.05) is 23.2 Å². The van der Waals surface area contributed by atoms with Crippen molar-refractivity contribution in [2.45, 2.75) is 6.54 Å². The van der Waals surface area contributed by atoms with Crippen LogP contribution in [0.4, 0.5) is 0 Å². The molecule has 0 saturated heterocycles. The fourth-order valence-corrected chi connectivity index (χ4v) is 2.06. The summed E-state index contributed by atoms with van der Waals surface area (Å²) in [4.78, 5) is 4.16. The Morgan fingerprint density at radius 1 is 1.28 bits per heavy atom. The first-order chi connectivity index (χ1) is 8.60. The number of aromatic nitrogens is 1. The summed E-state index contributed by atoms with van der Waals surface area (Å²) >= 11 is 15.2. The number of hydrogen-bond donors (Lipinski definition) is 1. The molecule has 94 valence electrons. The van der Waals surface area contributed by atoms with Crippen LogP contribution in [-0.4, -0.2) is 4.98 Å². The topological polar surface area (TPSA) is 48.1 Å². The minimum absolute atomic E-state index is 0.319. The molecule has 1 heterocycles. The van der Waals surface area contributed by atoms with E-state index in [0.717, 1.165) is 10.0 Å². The summed E-state index contributed by atoms with van der Waals surface area (Å²) in [6.45, 7) is 0.319. The number of benzene rings is 1. The molecular formula is C12H9BrCl2N2O. The Balaban J connectivity index is 2.36. The van der Waals surface area contributed by atoms with Crippen molar-refractivity contribution in [1.29, 1.82) is 0 Å². The third-order valence-corrected chi connectivity index (χ3v) is 3.19. The fraction of sp³-hybridized carbons (Fsp3) is 0.0833. The SMILES string of the molecule is NCc1cc(Br)cnc1Oc1cc(Cl)ccc1Cl. The van der Waals surface area contributed by atoms with Crippen molar-refractivity contribution in [3.63, 3.8) is 0 Å². The quantitative estimate of drug-likeness (QED) is 0.894. The molecule has 0 spiro atoms. The van der Waals surface area contributed by atoms with E-state index in [1.807, 2.05) is 6.07 Å². The van der Waals surface area contributed by atoms with Crippen molar-refractivity contribution in [2.24, 2.45) is 5.73 Å². The average molecular weight is 348 g/mol. The Morgan fingerprint density at radius 3 is 2.78 bits per heavy atom. The Hall–Kier alpha value is -0.810. The summed E-state index contributed by atoms with van der Waals surface area (Å²) in [6, 6.07) is 6.84. The normalized spacial score (nSPS) is 10.4. The van der Waals surface area contributed by atoms with Crippen LogP contribution in [0.2, 0.25) is 10.0 Å². The molecule has 0 bridgehead atoms.